The first kappa shape index (κ1) is 21.5. The second kappa shape index (κ2) is 10.5. The molecule has 7 heteroatoms. The Morgan fingerprint density at radius 3 is 2.48 bits per heavy atom. The van der Waals surface area contributed by atoms with Crippen molar-refractivity contribution in [3.8, 4) is 17.6 Å². The van der Waals surface area contributed by atoms with Crippen molar-refractivity contribution in [3.63, 3.8) is 0 Å². The Balaban J connectivity index is 2.16. The van der Waals surface area contributed by atoms with Gasteiger partial charge < -0.3 is 19.9 Å². The maximum Gasteiger partial charge on any atom is 0.335 e. The molecule has 0 saturated carbocycles. The Hall–Kier alpha value is -3.79. The van der Waals surface area contributed by atoms with E-state index in [-0.39, 0.29) is 11.1 Å². The van der Waals surface area contributed by atoms with Crippen LogP contribution in [-0.2, 0) is 4.79 Å². The van der Waals surface area contributed by atoms with Gasteiger partial charge in [-0.1, -0.05) is 19.4 Å². The van der Waals surface area contributed by atoms with Crippen LogP contribution < -0.4 is 14.8 Å². The number of carboxylic acid groups (broad SMARTS) is 1. The van der Waals surface area contributed by atoms with Crippen LogP contribution in [0.15, 0.2) is 48.0 Å². The lowest BCUT2D eigenvalue weighted by molar-refractivity contribution is -0.112. The van der Waals surface area contributed by atoms with Gasteiger partial charge in [0.05, 0.1) is 19.3 Å². The molecule has 0 fully saturated rings. The van der Waals surface area contributed by atoms with Gasteiger partial charge in [0.2, 0.25) is 0 Å². The molecule has 0 unspecified atom stereocenters. The molecule has 2 N–H and O–H groups in total. The molecule has 0 spiro atoms. The number of ether oxygens (including phenoxy) is 2. The summed E-state index contributed by atoms with van der Waals surface area (Å²) in [7, 11) is 1.52. The fourth-order valence-corrected chi connectivity index (χ4v) is 2.43. The molecule has 0 aliphatic rings. The predicted molar refractivity (Wildman–Crippen MR) is 109 cm³/mol. The normalized spacial score (nSPS) is 10.7. The standard InChI is InChI=1S/C22H22N2O5/c1-3-4-11-29-19-10-5-15(13-20(19)28-2)12-17(14-23)21(25)24-18-8-6-16(7-9-18)22(26)27/h5-10,12-13H,3-4,11H2,1-2H3,(H,24,25)(H,26,27)/b17-12+. The van der Waals surface area contributed by atoms with Gasteiger partial charge in [-0.2, -0.15) is 5.26 Å². The number of carbonyl (C=O) groups is 2. The lowest BCUT2D eigenvalue weighted by Crippen LogP contribution is -2.13. The Kier molecular flexibility index (Phi) is 7.80. The number of unbranched alkanes of at least 4 members (excludes halogenated alkanes) is 1. The Morgan fingerprint density at radius 1 is 1.17 bits per heavy atom. The van der Waals surface area contributed by atoms with E-state index in [1.807, 2.05) is 6.07 Å². The molecule has 0 radical (unpaired) electrons. The van der Waals surface area contributed by atoms with E-state index in [2.05, 4.69) is 12.2 Å². The number of carboxylic acids is 1. The average molecular weight is 394 g/mol. The second-order valence-corrected chi connectivity index (χ2v) is 6.12. The third-order valence-corrected chi connectivity index (χ3v) is 4.01. The molecule has 2 rings (SSSR count). The Bertz CT molecular complexity index is 943. The molecule has 2 aromatic rings. The number of hydrogen-bond donors (Lipinski definition) is 2. The number of nitriles is 1. The third kappa shape index (κ3) is 6.11. The van der Waals surface area contributed by atoms with Crippen molar-refractivity contribution in [1.29, 1.82) is 5.26 Å². The van der Waals surface area contributed by atoms with Gasteiger partial charge in [-0.05, 0) is 54.5 Å². The lowest BCUT2D eigenvalue weighted by atomic mass is 10.1. The Labute approximate surface area is 169 Å². The van der Waals surface area contributed by atoms with E-state index in [9.17, 15) is 14.9 Å². The molecule has 0 atom stereocenters. The minimum absolute atomic E-state index is 0.103. The highest BCUT2D eigenvalue weighted by Gasteiger charge is 2.12. The van der Waals surface area contributed by atoms with Crippen LogP contribution in [0.1, 0.15) is 35.7 Å². The molecule has 0 aliphatic carbocycles. The molecule has 29 heavy (non-hydrogen) atoms. The van der Waals surface area contributed by atoms with Crippen molar-refractivity contribution in [1.82, 2.24) is 0 Å². The summed E-state index contributed by atoms with van der Waals surface area (Å²) in [5, 5.41) is 20.9. The molecular weight excluding hydrogens is 372 g/mol. The summed E-state index contributed by atoms with van der Waals surface area (Å²) >= 11 is 0. The van der Waals surface area contributed by atoms with E-state index in [1.54, 1.807) is 18.2 Å². The average Bonchev–Trinajstić information content (AvgIpc) is 2.73. The van der Waals surface area contributed by atoms with Gasteiger partial charge >= 0.3 is 5.97 Å². The monoisotopic (exact) mass is 394 g/mol. The molecular formula is C22H22N2O5. The quantitative estimate of drug-likeness (QED) is 0.376. The van der Waals surface area contributed by atoms with Crippen LogP contribution in [0.4, 0.5) is 5.69 Å². The number of hydrogen-bond acceptors (Lipinski definition) is 5. The lowest BCUT2D eigenvalue weighted by Gasteiger charge is -2.11. The fourth-order valence-electron chi connectivity index (χ4n) is 2.43. The van der Waals surface area contributed by atoms with Gasteiger partial charge in [-0.25, -0.2) is 4.79 Å². The zero-order chi connectivity index (χ0) is 21.2. The van der Waals surface area contributed by atoms with E-state index >= 15 is 0 Å². The summed E-state index contributed by atoms with van der Waals surface area (Å²) in [5.41, 5.74) is 0.998. The number of aromatic carboxylic acids is 1. The van der Waals surface area contributed by atoms with E-state index in [0.717, 1.165) is 12.8 Å². The summed E-state index contributed by atoms with van der Waals surface area (Å²) in [6.45, 7) is 2.65. The SMILES string of the molecule is CCCCOc1ccc(/C=C(\C#N)C(=O)Nc2ccc(C(=O)O)cc2)cc1OC. The molecule has 0 heterocycles. The highest BCUT2D eigenvalue weighted by Crippen LogP contribution is 2.29. The number of rotatable bonds is 9. The highest BCUT2D eigenvalue weighted by molar-refractivity contribution is 6.09. The minimum Gasteiger partial charge on any atom is -0.493 e. The van der Waals surface area contributed by atoms with Gasteiger partial charge in [0.25, 0.3) is 5.91 Å². The first-order valence-corrected chi connectivity index (χ1v) is 9.05. The number of methoxy groups -OCH3 is 1. The molecule has 0 aliphatic heterocycles. The van der Waals surface area contributed by atoms with E-state index < -0.39 is 11.9 Å². The summed E-state index contributed by atoms with van der Waals surface area (Å²) in [5.74, 6) is -0.550. The summed E-state index contributed by atoms with van der Waals surface area (Å²) in [6, 6.07) is 12.7. The third-order valence-electron chi connectivity index (χ3n) is 4.01. The summed E-state index contributed by atoms with van der Waals surface area (Å²) in [4.78, 5) is 23.3. The van der Waals surface area contributed by atoms with Crippen molar-refractivity contribution in [2.24, 2.45) is 0 Å². The number of nitrogens with zero attached hydrogens (tertiary/aromatic N) is 1. The van der Waals surface area contributed by atoms with E-state index in [1.165, 1.54) is 37.5 Å². The number of amides is 1. The van der Waals surface area contributed by atoms with Crippen LogP contribution in [0.5, 0.6) is 11.5 Å². The molecule has 2 aromatic carbocycles. The van der Waals surface area contributed by atoms with E-state index in [0.29, 0.717) is 29.4 Å². The van der Waals surface area contributed by atoms with Crippen LogP contribution in [0.25, 0.3) is 6.08 Å². The van der Waals surface area contributed by atoms with Crippen LogP contribution >= 0.6 is 0 Å². The zero-order valence-corrected chi connectivity index (χ0v) is 16.3. The number of benzene rings is 2. The molecule has 1 amide bonds. The maximum atomic E-state index is 12.4. The van der Waals surface area contributed by atoms with Crippen molar-refractivity contribution in [2.45, 2.75) is 19.8 Å². The van der Waals surface area contributed by atoms with Crippen molar-refractivity contribution < 1.29 is 24.2 Å². The first-order valence-electron chi connectivity index (χ1n) is 9.05. The van der Waals surface area contributed by atoms with Gasteiger partial charge in [0, 0.05) is 5.69 Å². The summed E-state index contributed by atoms with van der Waals surface area (Å²) in [6.07, 6.45) is 3.39. The predicted octanol–water partition coefficient (Wildman–Crippen LogP) is 4.12. The first-order chi connectivity index (χ1) is 14.0. The van der Waals surface area contributed by atoms with Gasteiger partial charge in [0.15, 0.2) is 11.5 Å². The maximum absolute atomic E-state index is 12.4. The molecule has 0 saturated heterocycles. The largest absolute Gasteiger partial charge is 0.493 e. The molecule has 150 valence electrons. The minimum atomic E-state index is -1.06. The highest BCUT2D eigenvalue weighted by atomic mass is 16.5. The fraction of sp³-hybridized carbons (Fsp3) is 0.227. The molecule has 0 aromatic heterocycles. The molecule has 7 nitrogen and oxygen atoms in total. The molecule has 0 bridgehead atoms. The van der Waals surface area contributed by atoms with Crippen molar-refractivity contribution in [3.05, 3.63) is 59.2 Å². The number of carbonyl (C=O) groups excluding carboxylic acids is 1. The van der Waals surface area contributed by atoms with Crippen LogP contribution in [0, 0.1) is 11.3 Å². The van der Waals surface area contributed by atoms with Gasteiger partial charge in [-0.15, -0.1) is 0 Å². The van der Waals surface area contributed by atoms with Crippen molar-refractivity contribution in [2.75, 3.05) is 19.0 Å². The summed E-state index contributed by atoms with van der Waals surface area (Å²) < 4.78 is 11.0. The van der Waals surface area contributed by atoms with Gasteiger partial charge in [0.1, 0.15) is 11.6 Å². The zero-order valence-electron chi connectivity index (χ0n) is 16.3. The van der Waals surface area contributed by atoms with Gasteiger partial charge in [-0.3, -0.25) is 4.79 Å². The van der Waals surface area contributed by atoms with Crippen LogP contribution in [0.2, 0.25) is 0 Å². The Morgan fingerprint density at radius 2 is 1.90 bits per heavy atom. The second-order valence-electron chi connectivity index (χ2n) is 6.12. The van der Waals surface area contributed by atoms with Crippen molar-refractivity contribution >= 4 is 23.6 Å². The number of anilines is 1. The van der Waals surface area contributed by atoms with Crippen LogP contribution in [0.3, 0.4) is 0 Å². The van der Waals surface area contributed by atoms with Crippen LogP contribution in [-0.4, -0.2) is 30.7 Å². The van der Waals surface area contributed by atoms with E-state index in [4.69, 9.17) is 14.6 Å². The number of nitrogens with one attached hydrogen (secondary N) is 1. The smallest absolute Gasteiger partial charge is 0.335 e. The topological polar surface area (TPSA) is 109 Å².